The molecule has 136 valence electrons. The van der Waals surface area contributed by atoms with Crippen LogP contribution in [0.2, 0.25) is 0 Å². The minimum Gasteiger partial charge on any atom is -0.497 e. The molecule has 26 heavy (non-hydrogen) atoms. The van der Waals surface area contributed by atoms with Gasteiger partial charge in [0.15, 0.2) is 0 Å². The lowest BCUT2D eigenvalue weighted by molar-refractivity contribution is 0.0629. The Bertz CT molecular complexity index is 928. The predicted molar refractivity (Wildman–Crippen MR) is 98.5 cm³/mol. The molecule has 0 radical (unpaired) electrons. The molecule has 0 saturated carbocycles. The Labute approximate surface area is 154 Å². The molecule has 0 atom stereocenters. The van der Waals surface area contributed by atoms with Crippen LogP contribution in [0.5, 0.6) is 5.75 Å². The monoisotopic (exact) mass is 372 g/mol. The molecule has 3 heterocycles. The molecule has 0 bridgehead atoms. The number of piperazine rings is 1. The second-order valence-corrected chi connectivity index (χ2v) is 7.08. The van der Waals surface area contributed by atoms with Crippen molar-refractivity contribution in [1.82, 2.24) is 29.4 Å². The lowest BCUT2D eigenvalue weighted by Crippen LogP contribution is -2.48. The summed E-state index contributed by atoms with van der Waals surface area (Å²) < 4.78 is 9.10. The van der Waals surface area contributed by atoms with Crippen LogP contribution in [-0.2, 0) is 6.54 Å². The van der Waals surface area contributed by atoms with Crippen LogP contribution in [0.4, 0.5) is 0 Å². The Hall–Kier alpha value is -2.52. The summed E-state index contributed by atoms with van der Waals surface area (Å²) in [6, 6.07) is 5.82. The van der Waals surface area contributed by atoms with Crippen LogP contribution >= 0.6 is 11.5 Å². The fraction of sp³-hybridized carbons (Fsp3) is 0.412. The van der Waals surface area contributed by atoms with Crippen LogP contribution < -0.4 is 4.74 Å². The molecule has 1 aliphatic rings. The molecule has 1 N–H and O–H groups in total. The Balaban J connectivity index is 1.38. The van der Waals surface area contributed by atoms with E-state index in [0.29, 0.717) is 23.7 Å². The number of nitrogens with one attached hydrogen (secondary N) is 1. The van der Waals surface area contributed by atoms with Gasteiger partial charge in [0.05, 0.1) is 30.4 Å². The fourth-order valence-electron chi connectivity index (χ4n) is 3.14. The molecule has 1 fully saturated rings. The first-order valence-corrected chi connectivity index (χ1v) is 9.24. The number of carbonyl (C=O) groups is 1. The number of carbonyl (C=O) groups excluding carboxylic acids is 1. The van der Waals surface area contributed by atoms with Crippen molar-refractivity contribution in [3.63, 3.8) is 0 Å². The van der Waals surface area contributed by atoms with Crippen LogP contribution in [0.25, 0.3) is 11.0 Å². The van der Waals surface area contributed by atoms with Gasteiger partial charge < -0.3 is 14.6 Å². The van der Waals surface area contributed by atoms with E-state index in [0.717, 1.165) is 42.2 Å². The number of ether oxygens (including phenoxy) is 1. The Kier molecular flexibility index (Phi) is 4.56. The first-order chi connectivity index (χ1) is 12.6. The average molecular weight is 372 g/mol. The zero-order valence-electron chi connectivity index (χ0n) is 14.7. The molecule has 1 amide bonds. The lowest BCUT2D eigenvalue weighted by Gasteiger charge is -2.34. The molecule has 4 rings (SSSR count). The third-order valence-electron chi connectivity index (χ3n) is 4.62. The van der Waals surface area contributed by atoms with Gasteiger partial charge >= 0.3 is 0 Å². The molecule has 0 aliphatic carbocycles. The van der Waals surface area contributed by atoms with E-state index >= 15 is 0 Å². The smallest absolute Gasteiger partial charge is 0.267 e. The number of aromatic nitrogens is 4. The normalized spacial score (nSPS) is 15.5. The van der Waals surface area contributed by atoms with Gasteiger partial charge in [-0.05, 0) is 30.6 Å². The minimum atomic E-state index is 0.0352. The van der Waals surface area contributed by atoms with E-state index in [9.17, 15) is 4.79 Å². The predicted octanol–water partition coefficient (Wildman–Crippen LogP) is 1.69. The molecule has 2 aromatic heterocycles. The van der Waals surface area contributed by atoms with Crippen LogP contribution in [0, 0.1) is 6.92 Å². The summed E-state index contributed by atoms with van der Waals surface area (Å²) in [5, 5.41) is 3.93. The third kappa shape index (κ3) is 3.27. The summed E-state index contributed by atoms with van der Waals surface area (Å²) in [6.07, 6.45) is 0. The molecule has 9 heteroatoms. The average Bonchev–Trinajstić information content (AvgIpc) is 3.26. The standard InChI is InChI=1S/C17H20N6O2S/c1-11-16(26-21-20-11)17(24)23-7-5-22(6-8-23)10-15-18-13-4-3-12(25-2)9-14(13)19-15/h3-4,9H,5-8,10H2,1-2H3,(H,18,19). The van der Waals surface area contributed by atoms with Gasteiger partial charge in [0.2, 0.25) is 0 Å². The fourth-order valence-corrected chi connectivity index (χ4v) is 3.76. The minimum absolute atomic E-state index is 0.0352. The first-order valence-electron chi connectivity index (χ1n) is 8.47. The number of imidazole rings is 1. The number of nitrogens with zero attached hydrogens (tertiary/aromatic N) is 5. The molecule has 1 aromatic carbocycles. The zero-order valence-corrected chi connectivity index (χ0v) is 15.5. The number of H-pyrrole nitrogens is 1. The van der Waals surface area contributed by atoms with Crippen molar-refractivity contribution >= 4 is 28.5 Å². The van der Waals surface area contributed by atoms with Gasteiger partial charge in [0.25, 0.3) is 5.91 Å². The van der Waals surface area contributed by atoms with Crippen LogP contribution in [0.15, 0.2) is 18.2 Å². The van der Waals surface area contributed by atoms with E-state index in [1.54, 1.807) is 7.11 Å². The van der Waals surface area contributed by atoms with Crippen LogP contribution in [0.1, 0.15) is 21.2 Å². The van der Waals surface area contributed by atoms with Gasteiger partial charge in [-0.1, -0.05) is 4.49 Å². The second-order valence-electron chi connectivity index (χ2n) is 6.32. The van der Waals surface area contributed by atoms with E-state index in [4.69, 9.17) is 4.74 Å². The molecule has 0 spiro atoms. The van der Waals surface area contributed by atoms with Crippen molar-refractivity contribution in [1.29, 1.82) is 0 Å². The summed E-state index contributed by atoms with van der Waals surface area (Å²) in [4.78, 5) is 25.3. The number of benzene rings is 1. The highest BCUT2D eigenvalue weighted by molar-refractivity contribution is 7.07. The number of amides is 1. The SMILES string of the molecule is COc1ccc2nc(CN3CCN(C(=O)c4snnc4C)CC3)[nH]c2c1. The Morgan fingerprint density at radius 2 is 2.12 bits per heavy atom. The van der Waals surface area contributed by atoms with Gasteiger partial charge in [0, 0.05) is 32.2 Å². The summed E-state index contributed by atoms with van der Waals surface area (Å²) in [7, 11) is 1.66. The maximum absolute atomic E-state index is 12.5. The zero-order chi connectivity index (χ0) is 18.1. The molecule has 1 aliphatic heterocycles. The van der Waals surface area contributed by atoms with Gasteiger partial charge in [-0.3, -0.25) is 9.69 Å². The first kappa shape index (κ1) is 16.9. The van der Waals surface area contributed by atoms with E-state index in [-0.39, 0.29) is 5.91 Å². The molecule has 3 aromatic rings. The van der Waals surface area contributed by atoms with Crippen molar-refractivity contribution in [2.75, 3.05) is 33.3 Å². The maximum atomic E-state index is 12.5. The highest BCUT2D eigenvalue weighted by Gasteiger charge is 2.25. The van der Waals surface area contributed by atoms with E-state index in [2.05, 4.69) is 24.5 Å². The summed E-state index contributed by atoms with van der Waals surface area (Å²) in [5.74, 6) is 1.77. The van der Waals surface area contributed by atoms with Crippen LogP contribution in [0.3, 0.4) is 0 Å². The van der Waals surface area contributed by atoms with Gasteiger partial charge in [-0.15, -0.1) is 5.10 Å². The van der Waals surface area contributed by atoms with Gasteiger partial charge in [-0.2, -0.15) is 0 Å². The van der Waals surface area contributed by atoms with Crippen molar-refractivity contribution < 1.29 is 9.53 Å². The summed E-state index contributed by atoms with van der Waals surface area (Å²) >= 11 is 1.17. The second kappa shape index (κ2) is 7.00. The van der Waals surface area contributed by atoms with Crippen molar-refractivity contribution in [2.45, 2.75) is 13.5 Å². The number of aryl methyl sites for hydroxylation is 1. The molecular formula is C17H20N6O2S. The van der Waals surface area contributed by atoms with E-state index in [1.807, 2.05) is 30.0 Å². The number of aromatic amines is 1. The number of methoxy groups -OCH3 is 1. The Morgan fingerprint density at radius 3 is 2.81 bits per heavy atom. The molecule has 0 unspecified atom stereocenters. The van der Waals surface area contributed by atoms with Crippen molar-refractivity contribution in [3.8, 4) is 5.75 Å². The molecule has 1 saturated heterocycles. The van der Waals surface area contributed by atoms with Gasteiger partial charge in [-0.25, -0.2) is 4.98 Å². The largest absolute Gasteiger partial charge is 0.497 e. The third-order valence-corrected chi connectivity index (χ3v) is 5.43. The maximum Gasteiger partial charge on any atom is 0.267 e. The summed E-state index contributed by atoms with van der Waals surface area (Å²) in [5.41, 5.74) is 2.62. The van der Waals surface area contributed by atoms with E-state index < -0.39 is 0 Å². The van der Waals surface area contributed by atoms with Gasteiger partial charge in [0.1, 0.15) is 16.5 Å². The topological polar surface area (TPSA) is 87.2 Å². The van der Waals surface area contributed by atoms with Crippen molar-refractivity contribution in [2.24, 2.45) is 0 Å². The van der Waals surface area contributed by atoms with Crippen LogP contribution in [-0.4, -0.2) is 68.6 Å². The Morgan fingerprint density at radius 1 is 1.31 bits per heavy atom. The number of hydrogen-bond acceptors (Lipinski definition) is 7. The van der Waals surface area contributed by atoms with Crippen molar-refractivity contribution in [3.05, 3.63) is 34.6 Å². The number of hydrogen-bond donors (Lipinski definition) is 1. The molecular weight excluding hydrogens is 352 g/mol. The number of fused-ring (bicyclic) bond motifs is 1. The van der Waals surface area contributed by atoms with E-state index in [1.165, 1.54) is 11.5 Å². The quantitative estimate of drug-likeness (QED) is 0.750. The highest BCUT2D eigenvalue weighted by Crippen LogP contribution is 2.20. The number of rotatable bonds is 4. The lowest BCUT2D eigenvalue weighted by atomic mass is 10.2. The molecule has 8 nitrogen and oxygen atoms in total. The highest BCUT2D eigenvalue weighted by atomic mass is 32.1. The summed E-state index contributed by atoms with van der Waals surface area (Å²) in [6.45, 7) is 5.59.